The molecule has 2 rings (SSSR count). The minimum Gasteiger partial charge on any atom is -0.348 e. The van der Waals surface area contributed by atoms with Gasteiger partial charge in [-0.15, -0.1) is 0 Å². The molecule has 2 nitrogen and oxygen atoms in total. The fourth-order valence-corrected chi connectivity index (χ4v) is 1.82. The molecule has 1 N–H and O–H groups in total. The molecule has 1 aliphatic rings. The molecule has 1 aliphatic carbocycles. The Morgan fingerprint density at radius 3 is 2.83 bits per heavy atom. The summed E-state index contributed by atoms with van der Waals surface area (Å²) in [5, 5.41) is 2.93. The smallest absolute Gasteiger partial charge is 0.251 e. The summed E-state index contributed by atoms with van der Waals surface area (Å²) in [6, 6.07) is 9.92. The zero-order chi connectivity index (χ0) is 12.8. The molecule has 2 heteroatoms. The maximum absolute atomic E-state index is 12.0. The second-order valence-electron chi connectivity index (χ2n) is 4.41. The van der Waals surface area contributed by atoms with Crippen molar-refractivity contribution in [1.82, 2.24) is 5.32 Å². The number of hydrogen-bond donors (Lipinski definition) is 1. The number of carbonyl (C=O) groups is 1. The van der Waals surface area contributed by atoms with Gasteiger partial charge < -0.3 is 5.32 Å². The van der Waals surface area contributed by atoms with Gasteiger partial charge in [0.1, 0.15) is 0 Å². The average molecular weight is 239 g/mol. The van der Waals surface area contributed by atoms with Crippen molar-refractivity contribution >= 4 is 5.91 Å². The summed E-state index contributed by atoms with van der Waals surface area (Å²) in [5.74, 6) is -0.0234. The molecule has 0 saturated heterocycles. The van der Waals surface area contributed by atoms with Crippen molar-refractivity contribution in [2.24, 2.45) is 0 Å². The van der Waals surface area contributed by atoms with E-state index < -0.39 is 0 Å². The lowest BCUT2D eigenvalue weighted by atomic mass is 10.1. The highest BCUT2D eigenvalue weighted by Gasteiger charge is 2.07. The Kier molecular flexibility index (Phi) is 4.13. The first kappa shape index (κ1) is 12.4. The van der Waals surface area contributed by atoms with Crippen molar-refractivity contribution in [1.29, 1.82) is 0 Å². The van der Waals surface area contributed by atoms with Gasteiger partial charge in [0.05, 0.1) is 0 Å². The predicted molar refractivity (Wildman–Crippen MR) is 73.9 cm³/mol. The molecule has 0 unspecified atom stereocenters. The molecule has 92 valence electrons. The standard InChI is InChI=1S/C16H17NO/c1-13-7-5-6-10-15(11-13)16(18)17-12-14-8-3-2-4-9-14/h2-6,8-11H,7,12H2,1H3,(H,17,18). The van der Waals surface area contributed by atoms with Gasteiger partial charge in [-0.2, -0.15) is 0 Å². The van der Waals surface area contributed by atoms with E-state index in [9.17, 15) is 4.79 Å². The monoisotopic (exact) mass is 239 g/mol. The Bertz CT molecular complexity index is 509. The molecule has 18 heavy (non-hydrogen) atoms. The van der Waals surface area contributed by atoms with Crippen molar-refractivity contribution in [3.05, 3.63) is 71.3 Å². The molecule has 0 aliphatic heterocycles. The van der Waals surface area contributed by atoms with Crippen molar-refractivity contribution in [3.63, 3.8) is 0 Å². The van der Waals surface area contributed by atoms with Gasteiger partial charge >= 0.3 is 0 Å². The molecule has 0 spiro atoms. The lowest BCUT2D eigenvalue weighted by Gasteiger charge is -2.06. The van der Waals surface area contributed by atoms with E-state index in [4.69, 9.17) is 0 Å². The van der Waals surface area contributed by atoms with Crippen LogP contribution in [0, 0.1) is 0 Å². The van der Waals surface area contributed by atoms with E-state index in [1.807, 2.05) is 55.5 Å². The Hall–Kier alpha value is -2.09. The summed E-state index contributed by atoms with van der Waals surface area (Å²) in [5.41, 5.74) is 3.03. The zero-order valence-corrected chi connectivity index (χ0v) is 10.5. The molecule has 0 atom stereocenters. The van der Waals surface area contributed by atoms with Crippen molar-refractivity contribution in [2.45, 2.75) is 19.9 Å². The topological polar surface area (TPSA) is 29.1 Å². The minimum atomic E-state index is -0.0234. The summed E-state index contributed by atoms with van der Waals surface area (Å²) in [6.07, 6.45) is 8.71. The summed E-state index contributed by atoms with van der Waals surface area (Å²) >= 11 is 0. The third-order valence-electron chi connectivity index (χ3n) is 2.81. The van der Waals surface area contributed by atoms with E-state index in [0.717, 1.165) is 17.6 Å². The third-order valence-corrected chi connectivity index (χ3v) is 2.81. The van der Waals surface area contributed by atoms with Gasteiger partial charge in [-0.3, -0.25) is 4.79 Å². The third kappa shape index (κ3) is 3.45. The highest BCUT2D eigenvalue weighted by atomic mass is 16.1. The van der Waals surface area contributed by atoms with Crippen LogP contribution in [0.15, 0.2) is 65.8 Å². The van der Waals surface area contributed by atoms with Crippen LogP contribution in [0.3, 0.4) is 0 Å². The van der Waals surface area contributed by atoms with E-state index in [-0.39, 0.29) is 5.91 Å². The van der Waals surface area contributed by atoms with Crippen LogP contribution in [0.25, 0.3) is 0 Å². The first-order valence-electron chi connectivity index (χ1n) is 6.12. The number of allylic oxidation sites excluding steroid dienone is 4. The largest absolute Gasteiger partial charge is 0.348 e. The van der Waals surface area contributed by atoms with E-state index in [0.29, 0.717) is 6.54 Å². The second-order valence-corrected chi connectivity index (χ2v) is 4.41. The fourth-order valence-electron chi connectivity index (χ4n) is 1.82. The molecule has 0 fully saturated rings. The quantitative estimate of drug-likeness (QED) is 0.862. The molecule has 0 heterocycles. The highest BCUT2D eigenvalue weighted by molar-refractivity contribution is 5.96. The van der Waals surface area contributed by atoms with Gasteiger partial charge in [-0.25, -0.2) is 0 Å². The van der Waals surface area contributed by atoms with E-state index in [2.05, 4.69) is 11.4 Å². The molecule has 1 amide bonds. The van der Waals surface area contributed by atoms with Crippen LogP contribution in [-0.2, 0) is 11.3 Å². The Balaban J connectivity index is 1.98. The SMILES string of the molecule is CC1=CC(C(=O)NCc2ccccc2)=CC=CC1. The zero-order valence-electron chi connectivity index (χ0n) is 10.5. The van der Waals surface area contributed by atoms with E-state index in [1.165, 1.54) is 5.57 Å². The van der Waals surface area contributed by atoms with Crippen LogP contribution in [-0.4, -0.2) is 5.91 Å². The van der Waals surface area contributed by atoms with E-state index >= 15 is 0 Å². The van der Waals surface area contributed by atoms with E-state index in [1.54, 1.807) is 0 Å². The van der Waals surface area contributed by atoms with Gasteiger partial charge in [0.15, 0.2) is 0 Å². The first-order valence-corrected chi connectivity index (χ1v) is 6.12. The lowest BCUT2D eigenvalue weighted by molar-refractivity contribution is -0.117. The Morgan fingerprint density at radius 2 is 2.06 bits per heavy atom. The number of hydrogen-bond acceptors (Lipinski definition) is 1. The minimum absolute atomic E-state index is 0.0234. The average Bonchev–Trinajstić information content (AvgIpc) is 2.62. The fraction of sp³-hybridized carbons (Fsp3) is 0.188. The summed E-state index contributed by atoms with van der Waals surface area (Å²) < 4.78 is 0. The molecule has 0 aromatic heterocycles. The van der Waals surface area contributed by atoms with Crippen molar-refractivity contribution in [2.75, 3.05) is 0 Å². The molecule has 0 radical (unpaired) electrons. The maximum atomic E-state index is 12.0. The Labute approximate surface area is 108 Å². The summed E-state index contributed by atoms with van der Waals surface area (Å²) in [7, 11) is 0. The number of nitrogens with one attached hydrogen (secondary N) is 1. The number of rotatable bonds is 3. The van der Waals surface area contributed by atoms with Crippen molar-refractivity contribution < 1.29 is 4.79 Å². The lowest BCUT2D eigenvalue weighted by Crippen LogP contribution is -2.23. The van der Waals surface area contributed by atoms with Gasteiger partial charge in [0.25, 0.3) is 5.91 Å². The van der Waals surface area contributed by atoms with Gasteiger partial charge in [0, 0.05) is 12.1 Å². The molecule has 0 bridgehead atoms. The number of amides is 1. The molecular formula is C16H17NO. The van der Waals surface area contributed by atoms with Crippen LogP contribution in [0.5, 0.6) is 0 Å². The first-order chi connectivity index (χ1) is 8.75. The molecule has 1 aromatic carbocycles. The predicted octanol–water partition coefficient (Wildman–Crippen LogP) is 3.14. The van der Waals surface area contributed by atoms with Crippen LogP contribution in [0.4, 0.5) is 0 Å². The van der Waals surface area contributed by atoms with Crippen LogP contribution in [0.2, 0.25) is 0 Å². The summed E-state index contributed by atoms with van der Waals surface area (Å²) in [6.45, 7) is 2.60. The van der Waals surface area contributed by atoms with Crippen LogP contribution >= 0.6 is 0 Å². The Morgan fingerprint density at radius 1 is 1.28 bits per heavy atom. The summed E-state index contributed by atoms with van der Waals surface area (Å²) in [4.78, 5) is 12.0. The van der Waals surface area contributed by atoms with Gasteiger partial charge in [-0.05, 0) is 25.0 Å². The molecular weight excluding hydrogens is 222 g/mol. The van der Waals surface area contributed by atoms with Gasteiger partial charge in [0.2, 0.25) is 0 Å². The number of carbonyl (C=O) groups excluding carboxylic acids is 1. The maximum Gasteiger partial charge on any atom is 0.251 e. The van der Waals surface area contributed by atoms with Crippen LogP contribution in [0.1, 0.15) is 18.9 Å². The van der Waals surface area contributed by atoms with Crippen molar-refractivity contribution in [3.8, 4) is 0 Å². The normalized spacial score (nSPS) is 14.5. The highest BCUT2D eigenvalue weighted by Crippen LogP contribution is 2.11. The number of benzene rings is 1. The second kappa shape index (κ2) is 6.01. The van der Waals surface area contributed by atoms with Gasteiger partial charge in [-0.1, -0.05) is 54.1 Å². The molecule has 0 saturated carbocycles. The van der Waals surface area contributed by atoms with Crippen LogP contribution < -0.4 is 5.32 Å². The molecule has 1 aromatic rings.